The standard InChI is InChI=1S/C11H13F3N2OS/c1-10(2,15)9(17)16-7-5-3-4-6-8(7)18-11(12,13)14/h3-6H,15H2,1-2H3,(H,16,17). The number of hydrogen-bond acceptors (Lipinski definition) is 3. The van der Waals surface area contributed by atoms with E-state index >= 15 is 0 Å². The number of benzene rings is 1. The van der Waals surface area contributed by atoms with Gasteiger partial charge in [0.2, 0.25) is 5.91 Å². The van der Waals surface area contributed by atoms with E-state index in [4.69, 9.17) is 5.73 Å². The second-order valence-electron chi connectivity index (χ2n) is 4.22. The SMILES string of the molecule is CC(C)(N)C(=O)Nc1ccccc1SC(F)(F)F. The van der Waals surface area contributed by atoms with Crippen molar-refractivity contribution in [1.29, 1.82) is 0 Å². The van der Waals surface area contributed by atoms with Gasteiger partial charge in [0.25, 0.3) is 0 Å². The molecule has 0 bridgehead atoms. The lowest BCUT2D eigenvalue weighted by Gasteiger charge is -2.19. The van der Waals surface area contributed by atoms with Crippen molar-refractivity contribution in [3.8, 4) is 0 Å². The molecule has 18 heavy (non-hydrogen) atoms. The van der Waals surface area contributed by atoms with Crippen LogP contribution >= 0.6 is 11.8 Å². The van der Waals surface area contributed by atoms with E-state index in [1.165, 1.54) is 32.0 Å². The van der Waals surface area contributed by atoms with Gasteiger partial charge in [0.05, 0.1) is 11.2 Å². The number of carbonyl (C=O) groups excluding carboxylic acids is 1. The largest absolute Gasteiger partial charge is 0.446 e. The zero-order valence-corrected chi connectivity index (χ0v) is 10.7. The molecule has 0 atom stereocenters. The van der Waals surface area contributed by atoms with Gasteiger partial charge in [0.15, 0.2) is 0 Å². The Labute approximate surface area is 107 Å². The van der Waals surface area contributed by atoms with Crippen LogP contribution in [0.4, 0.5) is 18.9 Å². The third kappa shape index (κ3) is 4.58. The number of anilines is 1. The Bertz CT molecular complexity index is 441. The molecular formula is C11H13F3N2OS. The van der Waals surface area contributed by atoms with Gasteiger partial charge in [-0.1, -0.05) is 12.1 Å². The van der Waals surface area contributed by atoms with Crippen molar-refractivity contribution in [2.75, 3.05) is 5.32 Å². The maximum Gasteiger partial charge on any atom is 0.446 e. The van der Waals surface area contributed by atoms with E-state index in [0.29, 0.717) is 0 Å². The molecule has 0 radical (unpaired) electrons. The predicted octanol–water partition coefficient (Wildman–Crippen LogP) is 2.97. The Morgan fingerprint density at radius 2 is 1.83 bits per heavy atom. The second kappa shape index (κ2) is 5.19. The molecule has 7 heteroatoms. The zero-order chi connectivity index (χ0) is 14.0. The number of alkyl halides is 3. The third-order valence-electron chi connectivity index (χ3n) is 1.95. The van der Waals surface area contributed by atoms with E-state index in [1.807, 2.05) is 0 Å². The molecule has 100 valence electrons. The van der Waals surface area contributed by atoms with Crippen LogP contribution in [-0.2, 0) is 4.79 Å². The normalized spacial score (nSPS) is 12.3. The Kier molecular flexibility index (Phi) is 4.28. The number of halogens is 3. The van der Waals surface area contributed by atoms with Crippen LogP contribution in [0.2, 0.25) is 0 Å². The van der Waals surface area contributed by atoms with Crippen molar-refractivity contribution in [3.05, 3.63) is 24.3 Å². The molecule has 0 aliphatic heterocycles. The van der Waals surface area contributed by atoms with Gasteiger partial charge in [-0.15, -0.1) is 0 Å². The lowest BCUT2D eigenvalue weighted by Crippen LogP contribution is -2.45. The molecule has 0 aliphatic carbocycles. The Hall–Kier alpha value is -1.21. The second-order valence-corrected chi connectivity index (χ2v) is 5.33. The number of hydrogen-bond donors (Lipinski definition) is 2. The molecule has 0 heterocycles. The molecule has 0 aromatic heterocycles. The molecule has 0 fully saturated rings. The van der Waals surface area contributed by atoms with Crippen LogP contribution in [0.3, 0.4) is 0 Å². The first-order chi connectivity index (χ1) is 8.09. The molecule has 1 rings (SSSR count). The summed E-state index contributed by atoms with van der Waals surface area (Å²) in [5.74, 6) is -0.544. The van der Waals surface area contributed by atoms with Crippen molar-refractivity contribution in [3.63, 3.8) is 0 Å². The maximum absolute atomic E-state index is 12.3. The van der Waals surface area contributed by atoms with Crippen molar-refractivity contribution >= 4 is 23.4 Å². The summed E-state index contributed by atoms with van der Waals surface area (Å²) < 4.78 is 37.0. The van der Waals surface area contributed by atoms with Crippen LogP contribution in [0.15, 0.2) is 29.2 Å². The molecule has 1 aromatic rings. The quantitative estimate of drug-likeness (QED) is 0.836. The van der Waals surface area contributed by atoms with Gasteiger partial charge in [-0.3, -0.25) is 4.79 Å². The van der Waals surface area contributed by atoms with Gasteiger partial charge >= 0.3 is 5.51 Å². The van der Waals surface area contributed by atoms with E-state index in [9.17, 15) is 18.0 Å². The molecule has 0 aliphatic rings. The first-order valence-electron chi connectivity index (χ1n) is 5.05. The van der Waals surface area contributed by atoms with Crippen LogP contribution in [0, 0.1) is 0 Å². The summed E-state index contributed by atoms with van der Waals surface area (Å²) >= 11 is -0.276. The van der Waals surface area contributed by atoms with Gasteiger partial charge < -0.3 is 11.1 Å². The molecule has 0 unspecified atom stereocenters. The van der Waals surface area contributed by atoms with Gasteiger partial charge in [-0.2, -0.15) is 13.2 Å². The van der Waals surface area contributed by atoms with E-state index in [-0.39, 0.29) is 22.3 Å². The fraction of sp³-hybridized carbons (Fsp3) is 0.364. The summed E-state index contributed by atoms with van der Waals surface area (Å²) in [5.41, 5.74) is 0.103. The van der Waals surface area contributed by atoms with Crippen molar-refractivity contribution in [2.45, 2.75) is 29.8 Å². The Balaban J connectivity index is 2.93. The molecule has 1 aromatic carbocycles. The topological polar surface area (TPSA) is 55.1 Å². The molecular weight excluding hydrogens is 265 g/mol. The van der Waals surface area contributed by atoms with E-state index in [1.54, 1.807) is 6.07 Å². The van der Waals surface area contributed by atoms with Crippen LogP contribution in [0.25, 0.3) is 0 Å². The van der Waals surface area contributed by atoms with E-state index in [2.05, 4.69) is 5.32 Å². The Morgan fingerprint density at radius 1 is 1.28 bits per heavy atom. The predicted molar refractivity (Wildman–Crippen MR) is 65.3 cm³/mol. The average Bonchev–Trinajstić information content (AvgIpc) is 2.17. The van der Waals surface area contributed by atoms with Crippen molar-refractivity contribution in [2.24, 2.45) is 5.73 Å². The number of nitrogens with two attached hydrogens (primary N) is 1. The van der Waals surface area contributed by atoms with E-state index in [0.717, 1.165) is 0 Å². The molecule has 1 amide bonds. The van der Waals surface area contributed by atoms with E-state index < -0.39 is 17.0 Å². The number of nitrogens with one attached hydrogen (secondary N) is 1. The minimum atomic E-state index is -4.40. The van der Waals surface area contributed by atoms with Crippen molar-refractivity contribution < 1.29 is 18.0 Å². The first-order valence-corrected chi connectivity index (χ1v) is 5.86. The molecule has 3 nitrogen and oxygen atoms in total. The fourth-order valence-corrected chi connectivity index (χ4v) is 1.69. The highest BCUT2D eigenvalue weighted by Crippen LogP contribution is 2.40. The lowest BCUT2D eigenvalue weighted by molar-refractivity contribution is -0.120. The summed E-state index contributed by atoms with van der Waals surface area (Å²) in [6.45, 7) is 2.95. The smallest absolute Gasteiger partial charge is 0.323 e. The lowest BCUT2D eigenvalue weighted by atomic mass is 10.1. The highest BCUT2D eigenvalue weighted by molar-refractivity contribution is 8.00. The van der Waals surface area contributed by atoms with Gasteiger partial charge in [-0.05, 0) is 37.7 Å². The zero-order valence-electron chi connectivity index (χ0n) is 9.84. The van der Waals surface area contributed by atoms with Crippen LogP contribution in [0.5, 0.6) is 0 Å². The summed E-state index contributed by atoms with van der Waals surface area (Å²) in [6, 6.07) is 5.70. The molecule has 0 saturated carbocycles. The monoisotopic (exact) mass is 278 g/mol. The number of thioether (sulfide) groups is 1. The van der Waals surface area contributed by atoms with Crippen molar-refractivity contribution in [1.82, 2.24) is 0 Å². The average molecular weight is 278 g/mol. The molecule has 3 N–H and O–H groups in total. The highest BCUT2D eigenvalue weighted by Gasteiger charge is 2.31. The number of carbonyl (C=O) groups is 1. The third-order valence-corrected chi connectivity index (χ3v) is 2.75. The minimum absolute atomic E-state index is 0.0670. The first kappa shape index (κ1) is 14.8. The number of amides is 1. The highest BCUT2D eigenvalue weighted by atomic mass is 32.2. The molecule has 0 spiro atoms. The van der Waals surface area contributed by atoms with Gasteiger partial charge in [0, 0.05) is 4.90 Å². The summed E-state index contributed by atoms with van der Waals surface area (Å²) in [5, 5.41) is 2.39. The minimum Gasteiger partial charge on any atom is -0.323 e. The van der Waals surface area contributed by atoms with Crippen LogP contribution in [-0.4, -0.2) is 17.0 Å². The maximum atomic E-state index is 12.3. The Morgan fingerprint density at radius 3 is 2.33 bits per heavy atom. The number of para-hydroxylation sites is 1. The molecule has 0 saturated heterocycles. The fourth-order valence-electron chi connectivity index (χ4n) is 1.07. The summed E-state index contributed by atoms with van der Waals surface area (Å²) in [4.78, 5) is 11.6. The summed E-state index contributed by atoms with van der Waals surface area (Å²) in [7, 11) is 0. The summed E-state index contributed by atoms with van der Waals surface area (Å²) in [6.07, 6.45) is 0. The van der Waals surface area contributed by atoms with Gasteiger partial charge in [0.1, 0.15) is 0 Å². The van der Waals surface area contributed by atoms with Crippen LogP contribution in [0.1, 0.15) is 13.8 Å². The number of rotatable bonds is 3. The van der Waals surface area contributed by atoms with Crippen LogP contribution < -0.4 is 11.1 Å². The van der Waals surface area contributed by atoms with Gasteiger partial charge in [-0.25, -0.2) is 0 Å².